The van der Waals surface area contributed by atoms with Crippen LogP contribution >= 0.6 is 0 Å². The Hall–Kier alpha value is -2.56. The number of oxime groups is 1. The maximum atomic E-state index is 12.3. The van der Waals surface area contributed by atoms with Crippen LogP contribution in [0, 0.1) is 6.92 Å². The summed E-state index contributed by atoms with van der Waals surface area (Å²) < 4.78 is 1.66. The molecule has 0 aliphatic heterocycles. The highest BCUT2D eigenvalue weighted by Crippen LogP contribution is 2.05. The first-order chi connectivity index (χ1) is 10.1. The first kappa shape index (κ1) is 14.8. The molecule has 110 valence electrons. The van der Waals surface area contributed by atoms with Crippen LogP contribution in [0.2, 0.25) is 0 Å². The standard InChI is InChI=1S/C16H19N3O2/c1-12-9-10-14(15(17)18-21)16(20)19(12)11-5-8-13-6-3-2-4-7-13/h2-4,6-7,9-10,21H,5,8,11H2,1H3,(H2,17,18). The van der Waals surface area contributed by atoms with Gasteiger partial charge in [-0.1, -0.05) is 35.5 Å². The molecule has 0 radical (unpaired) electrons. The lowest BCUT2D eigenvalue weighted by Gasteiger charge is -2.11. The summed E-state index contributed by atoms with van der Waals surface area (Å²) in [7, 11) is 0. The summed E-state index contributed by atoms with van der Waals surface area (Å²) in [5.74, 6) is -0.156. The number of aromatic nitrogens is 1. The van der Waals surface area contributed by atoms with Gasteiger partial charge in [0, 0.05) is 12.2 Å². The fourth-order valence-corrected chi connectivity index (χ4v) is 2.28. The fourth-order valence-electron chi connectivity index (χ4n) is 2.28. The van der Waals surface area contributed by atoms with E-state index in [0.29, 0.717) is 6.54 Å². The van der Waals surface area contributed by atoms with Crippen molar-refractivity contribution < 1.29 is 5.21 Å². The maximum Gasteiger partial charge on any atom is 0.261 e. The molecule has 0 fully saturated rings. The number of hydrogen-bond donors (Lipinski definition) is 2. The van der Waals surface area contributed by atoms with Crippen LogP contribution < -0.4 is 11.3 Å². The number of amidine groups is 1. The quantitative estimate of drug-likeness (QED) is 0.381. The number of hydrogen-bond acceptors (Lipinski definition) is 3. The van der Waals surface area contributed by atoms with Gasteiger partial charge in [-0.25, -0.2) is 0 Å². The average molecular weight is 285 g/mol. The monoisotopic (exact) mass is 285 g/mol. The highest BCUT2D eigenvalue weighted by Gasteiger charge is 2.09. The second kappa shape index (κ2) is 6.74. The van der Waals surface area contributed by atoms with Crippen molar-refractivity contribution in [2.45, 2.75) is 26.3 Å². The Labute approximate surface area is 123 Å². The number of rotatable bonds is 5. The normalized spacial score (nSPS) is 11.6. The second-order valence-corrected chi connectivity index (χ2v) is 4.92. The molecule has 1 aromatic carbocycles. The lowest BCUT2D eigenvalue weighted by molar-refractivity contribution is 0.318. The largest absolute Gasteiger partial charge is 0.409 e. The Bertz CT molecular complexity index is 690. The number of benzene rings is 1. The molecule has 0 saturated carbocycles. The Morgan fingerprint density at radius 2 is 1.95 bits per heavy atom. The van der Waals surface area contributed by atoms with Gasteiger partial charge in [0.25, 0.3) is 5.56 Å². The smallest absolute Gasteiger partial charge is 0.261 e. The van der Waals surface area contributed by atoms with E-state index in [1.165, 1.54) is 5.56 Å². The van der Waals surface area contributed by atoms with Crippen molar-refractivity contribution in [2.24, 2.45) is 10.9 Å². The van der Waals surface area contributed by atoms with Gasteiger partial charge < -0.3 is 15.5 Å². The zero-order chi connectivity index (χ0) is 15.2. The molecule has 0 aliphatic carbocycles. The highest BCUT2D eigenvalue weighted by atomic mass is 16.4. The van der Waals surface area contributed by atoms with Crippen molar-refractivity contribution in [3.05, 3.63) is 69.6 Å². The van der Waals surface area contributed by atoms with Gasteiger partial charge in [0.2, 0.25) is 0 Å². The summed E-state index contributed by atoms with van der Waals surface area (Å²) in [5, 5.41) is 11.6. The predicted octanol–water partition coefficient (Wildman–Crippen LogP) is 1.88. The van der Waals surface area contributed by atoms with E-state index in [-0.39, 0.29) is 17.0 Å². The molecule has 21 heavy (non-hydrogen) atoms. The van der Waals surface area contributed by atoms with E-state index < -0.39 is 0 Å². The van der Waals surface area contributed by atoms with Gasteiger partial charge in [0.15, 0.2) is 5.84 Å². The van der Waals surface area contributed by atoms with Crippen molar-refractivity contribution in [2.75, 3.05) is 0 Å². The first-order valence-electron chi connectivity index (χ1n) is 6.85. The van der Waals surface area contributed by atoms with E-state index in [1.54, 1.807) is 16.7 Å². The van der Waals surface area contributed by atoms with Gasteiger partial charge in [-0.3, -0.25) is 4.79 Å². The van der Waals surface area contributed by atoms with Crippen molar-refractivity contribution >= 4 is 5.84 Å². The lowest BCUT2D eigenvalue weighted by atomic mass is 10.1. The molecule has 2 aromatic rings. The zero-order valence-electron chi connectivity index (χ0n) is 12.0. The molecule has 0 unspecified atom stereocenters. The number of nitrogens with two attached hydrogens (primary N) is 1. The van der Waals surface area contributed by atoms with Crippen LogP contribution in [0.3, 0.4) is 0 Å². The lowest BCUT2D eigenvalue weighted by Crippen LogP contribution is -2.31. The van der Waals surface area contributed by atoms with Gasteiger partial charge in [-0.15, -0.1) is 0 Å². The van der Waals surface area contributed by atoms with Crippen LogP contribution in [-0.4, -0.2) is 15.6 Å². The molecule has 5 heteroatoms. The first-order valence-corrected chi connectivity index (χ1v) is 6.85. The summed E-state index contributed by atoms with van der Waals surface area (Å²) in [6.07, 6.45) is 1.75. The Morgan fingerprint density at radius 1 is 1.24 bits per heavy atom. The number of pyridine rings is 1. The van der Waals surface area contributed by atoms with Crippen LogP contribution in [0.4, 0.5) is 0 Å². The van der Waals surface area contributed by atoms with Gasteiger partial charge >= 0.3 is 0 Å². The molecule has 1 heterocycles. The molecule has 2 rings (SSSR count). The third-order valence-corrected chi connectivity index (χ3v) is 3.47. The Morgan fingerprint density at radius 3 is 2.62 bits per heavy atom. The van der Waals surface area contributed by atoms with Crippen LogP contribution in [0.5, 0.6) is 0 Å². The van der Waals surface area contributed by atoms with E-state index in [9.17, 15) is 4.79 Å². The average Bonchev–Trinajstić information content (AvgIpc) is 2.51. The van der Waals surface area contributed by atoms with Crippen molar-refractivity contribution in [3.63, 3.8) is 0 Å². The van der Waals surface area contributed by atoms with Gasteiger partial charge in [0.1, 0.15) is 0 Å². The van der Waals surface area contributed by atoms with E-state index in [1.807, 2.05) is 25.1 Å². The maximum absolute atomic E-state index is 12.3. The summed E-state index contributed by atoms with van der Waals surface area (Å²) in [6.45, 7) is 2.48. The molecule has 0 atom stereocenters. The highest BCUT2D eigenvalue weighted by molar-refractivity contribution is 5.96. The van der Waals surface area contributed by atoms with E-state index in [2.05, 4.69) is 17.3 Å². The van der Waals surface area contributed by atoms with E-state index >= 15 is 0 Å². The summed E-state index contributed by atoms with van der Waals surface area (Å²) >= 11 is 0. The molecule has 0 aliphatic rings. The third kappa shape index (κ3) is 3.51. The Balaban J connectivity index is 2.15. The zero-order valence-corrected chi connectivity index (χ0v) is 12.0. The number of aryl methyl sites for hydroxylation is 2. The molecular weight excluding hydrogens is 266 g/mol. The fraction of sp³-hybridized carbons (Fsp3) is 0.250. The Kier molecular flexibility index (Phi) is 4.77. The van der Waals surface area contributed by atoms with Crippen molar-refractivity contribution in [3.8, 4) is 0 Å². The van der Waals surface area contributed by atoms with Crippen LogP contribution in [0.1, 0.15) is 23.2 Å². The molecule has 1 aromatic heterocycles. The SMILES string of the molecule is Cc1ccc(/C(N)=N/O)c(=O)n1CCCc1ccccc1. The predicted molar refractivity (Wildman–Crippen MR) is 82.7 cm³/mol. The summed E-state index contributed by atoms with van der Waals surface area (Å²) in [5.41, 5.74) is 7.63. The third-order valence-electron chi connectivity index (χ3n) is 3.47. The van der Waals surface area contributed by atoms with Crippen LogP contribution in [0.15, 0.2) is 52.4 Å². The van der Waals surface area contributed by atoms with Crippen LogP contribution in [-0.2, 0) is 13.0 Å². The molecular formula is C16H19N3O2. The second-order valence-electron chi connectivity index (χ2n) is 4.92. The van der Waals surface area contributed by atoms with Gasteiger partial charge in [-0.05, 0) is 37.5 Å². The molecule has 0 spiro atoms. The molecule has 5 nitrogen and oxygen atoms in total. The minimum Gasteiger partial charge on any atom is -0.409 e. The van der Waals surface area contributed by atoms with Crippen molar-refractivity contribution in [1.29, 1.82) is 0 Å². The van der Waals surface area contributed by atoms with Crippen LogP contribution in [0.25, 0.3) is 0 Å². The minimum absolute atomic E-state index is 0.156. The molecule has 0 bridgehead atoms. The summed E-state index contributed by atoms with van der Waals surface area (Å²) in [4.78, 5) is 12.3. The topological polar surface area (TPSA) is 80.6 Å². The minimum atomic E-state index is -0.224. The van der Waals surface area contributed by atoms with Gasteiger partial charge in [-0.2, -0.15) is 0 Å². The van der Waals surface area contributed by atoms with E-state index in [4.69, 9.17) is 10.9 Å². The number of nitrogens with zero attached hydrogens (tertiary/aromatic N) is 2. The molecule has 0 saturated heterocycles. The van der Waals surface area contributed by atoms with Crippen molar-refractivity contribution in [1.82, 2.24) is 4.57 Å². The summed E-state index contributed by atoms with van der Waals surface area (Å²) in [6, 6.07) is 13.5. The molecule has 0 amide bonds. The van der Waals surface area contributed by atoms with E-state index in [0.717, 1.165) is 18.5 Å². The molecule has 3 N–H and O–H groups in total. The van der Waals surface area contributed by atoms with Gasteiger partial charge in [0.05, 0.1) is 5.56 Å².